The molecule has 3 rings (SSSR count). The molecule has 0 fully saturated rings. The lowest BCUT2D eigenvalue weighted by molar-refractivity contribution is -0.104. The Kier molecular flexibility index (Phi) is 3.84. The minimum atomic E-state index is 0.806. The van der Waals surface area contributed by atoms with Gasteiger partial charge in [-0.3, -0.25) is 4.79 Å². The number of carbonyl (C=O) groups excluding carboxylic acids is 1. The summed E-state index contributed by atoms with van der Waals surface area (Å²) in [6.07, 6.45) is 6.17. The Hall–Kier alpha value is -2.06. The van der Waals surface area contributed by atoms with E-state index in [1.165, 1.54) is 33.2 Å². The van der Waals surface area contributed by atoms with Crippen molar-refractivity contribution in [1.82, 2.24) is 0 Å². The molecule has 0 spiro atoms. The van der Waals surface area contributed by atoms with Gasteiger partial charge >= 0.3 is 0 Å². The summed E-state index contributed by atoms with van der Waals surface area (Å²) in [7, 11) is 0. The van der Waals surface area contributed by atoms with Crippen LogP contribution in [0.1, 0.15) is 16.7 Å². The zero-order valence-corrected chi connectivity index (χ0v) is 11.8. The summed E-state index contributed by atoms with van der Waals surface area (Å²) in [5.41, 5.74) is 5.00. The number of rotatable bonds is 2. The maximum absolute atomic E-state index is 10.5. The topological polar surface area (TPSA) is 17.1 Å². The summed E-state index contributed by atoms with van der Waals surface area (Å²) in [5.74, 6) is 0.974. The minimum Gasteiger partial charge on any atom is -0.299 e. The Morgan fingerprint density at radius 2 is 1.65 bits per heavy atom. The third-order valence-electron chi connectivity index (χ3n) is 3.32. The zero-order valence-electron chi connectivity index (χ0n) is 11.0. The fourth-order valence-electron chi connectivity index (χ4n) is 2.40. The van der Waals surface area contributed by atoms with Crippen LogP contribution < -0.4 is 0 Å². The van der Waals surface area contributed by atoms with Gasteiger partial charge in [0.25, 0.3) is 0 Å². The summed E-state index contributed by atoms with van der Waals surface area (Å²) < 4.78 is 0. The van der Waals surface area contributed by atoms with Crippen molar-refractivity contribution < 1.29 is 4.79 Å². The second-order valence-electron chi connectivity index (χ2n) is 4.54. The van der Waals surface area contributed by atoms with E-state index in [9.17, 15) is 4.79 Å². The van der Waals surface area contributed by atoms with Gasteiger partial charge in [-0.25, -0.2) is 0 Å². The van der Waals surface area contributed by atoms with Crippen LogP contribution in [0, 0.1) is 0 Å². The average molecular weight is 278 g/mol. The smallest absolute Gasteiger partial charge is 0.142 e. The highest BCUT2D eigenvalue weighted by Gasteiger charge is 2.16. The third kappa shape index (κ3) is 2.47. The Morgan fingerprint density at radius 3 is 2.50 bits per heavy atom. The number of aldehydes is 1. The van der Waals surface area contributed by atoms with Crippen LogP contribution in [0.3, 0.4) is 0 Å². The van der Waals surface area contributed by atoms with Gasteiger partial charge in [-0.15, -0.1) is 11.8 Å². The molecule has 98 valence electrons. The van der Waals surface area contributed by atoms with E-state index in [1.54, 1.807) is 0 Å². The zero-order chi connectivity index (χ0) is 13.8. The van der Waals surface area contributed by atoms with Gasteiger partial charge in [0, 0.05) is 10.6 Å². The number of hydrogen-bond donors (Lipinski definition) is 0. The number of fused-ring (bicyclic) bond motifs is 2. The Morgan fingerprint density at radius 1 is 0.900 bits per heavy atom. The van der Waals surface area contributed by atoms with Crippen molar-refractivity contribution in [3.63, 3.8) is 0 Å². The molecule has 0 N–H and O–H groups in total. The summed E-state index contributed by atoms with van der Waals surface area (Å²) in [5, 5.41) is 0. The van der Waals surface area contributed by atoms with Gasteiger partial charge in [-0.1, -0.05) is 54.6 Å². The summed E-state index contributed by atoms with van der Waals surface area (Å²) in [6.45, 7) is 0. The van der Waals surface area contributed by atoms with E-state index < -0.39 is 0 Å². The fraction of sp³-hybridized carbons (Fsp3) is 0.0556. The molecule has 1 aliphatic heterocycles. The molecule has 0 bridgehead atoms. The molecule has 2 aromatic carbocycles. The molecule has 1 aliphatic rings. The highest BCUT2D eigenvalue weighted by atomic mass is 32.2. The molecule has 0 aliphatic carbocycles. The fourth-order valence-corrected chi connectivity index (χ4v) is 3.47. The van der Waals surface area contributed by atoms with Gasteiger partial charge in [-0.05, 0) is 34.4 Å². The first-order valence-electron chi connectivity index (χ1n) is 6.53. The van der Waals surface area contributed by atoms with Gasteiger partial charge in [-0.2, -0.15) is 0 Å². The molecular formula is C18H14OS. The SMILES string of the molecule is O=C/C=C\C=C1c2ccccc2CSc2ccccc21. The Labute approximate surface area is 123 Å². The molecule has 1 nitrogen and oxygen atoms in total. The first-order chi connectivity index (χ1) is 9.90. The molecule has 0 atom stereocenters. The highest BCUT2D eigenvalue weighted by Crippen LogP contribution is 2.39. The summed E-state index contributed by atoms with van der Waals surface area (Å²) in [4.78, 5) is 11.8. The molecule has 0 amide bonds. The number of allylic oxidation sites excluding steroid dienone is 3. The number of thioether (sulfide) groups is 1. The molecule has 0 saturated carbocycles. The second kappa shape index (κ2) is 5.93. The lowest BCUT2D eigenvalue weighted by atomic mass is 9.94. The van der Waals surface area contributed by atoms with Crippen LogP contribution in [-0.4, -0.2) is 6.29 Å². The van der Waals surface area contributed by atoms with E-state index in [1.807, 2.05) is 23.9 Å². The van der Waals surface area contributed by atoms with E-state index >= 15 is 0 Å². The number of carbonyl (C=O) groups is 1. The van der Waals surface area contributed by atoms with Crippen molar-refractivity contribution >= 4 is 23.6 Å². The lowest BCUT2D eigenvalue weighted by Gasteiger charge is -2.10. The van der Waals surface area contributed by atoms with Crippen molar-refractivity contribution in [1.29, 1.82) is 0 Å². The number of benzene rings is 2. The van der Waals surface area contributed by atoms with Crippen LogP contribution in [0.4, 0.5) is 0 Å². The van der Waals surface area contributed by atoms with Crippen molar-refractivity contribution in [2.24, 2.45) is 0 Å². The molecule has 1 heterocycles. The van der Waals surface area contributed by atoms with Crippen molar-refractivity contribution in [2.45, 2.75) is 10.6 Å². The minimum absolute atomic E-state index is 0.806. The van der Waals surface area contributed by atoms with Crippen LogP contribution in [0.25, 0.3) is 5.57 Å². The van der Waals surface area contributed by atoms with Crippen molar-refractivity contribution in [2.75, 3.05) is 0 Å². The van der Waals surface area contributed by atoms with E-state index in [0.29, 0.717) is 0 Å². The molecule has 0 radical (unpaired) electrons. The van der Waals surface area contributed by atoms with E-state index in [2.05, 4.69) is 48.5 Å². The van der Waals surface area contributed by atoms with Gasteiger partial charge in [0.05, 0.1) is 0 Å². The summed E-state index contributed by atoms with van der Waals surface area (Å²) in [6, 6.07) is 16.9. The highest BCUT2D eigenvalue weighted by molar-refractivity contribution is 7.98. The maximum atomic E-state index is 10.5. The van der Waals surface area contributed by atoms with Gasteiger partial charge < -0.3 is 0 Å². The van der Waals surface area contributed by atoms with Crippen LogP contribution >= 0.6 is 11.8 Å². The maximum Gasteiger partial charge on any atom is 0.142 e. The van der Waals surface area contributed by atoms with Crippen LogP contribution in [0.5, 0.6) is 0 Å². The van der Waals surface area contributed by atoms with Crippen LogP contribution in [0.15, 0.2) is 71.7 Å². The molecule has 0 saturated heterocycles. The quantitative estimate of drug-likeness (QED) is 0.595. The van der Waals surface area contributed by atoms with E-state index in [0.717, 1.165) is 12.0 Å². The van der Waals surface area contributed by atoms with Gasteiger partial charge in [0.2, 0.25) is 0 Å². The standard InChI is InChI=1S/C18H14OS/c19-12-6-5-9-16-15-8-2-1-7-14(15)13-20-18-11-4-3-10-17(16)18/h1-12H,13H2/b6-5-,16-9?. The van der Waals surface area contributed by atoms with Crippen molar-refractivity contribution in [3.05, 3.63) is 83.4 Å². The average Bonchev–Trinajstić information content (AvgIpc) is 2.66. The largest absolute Gasteiger partial charge is 0.299 e. The third-order valence-corrected chi connectivity index (χ3v) is 4.44. The first kappa shape index (κ1) is 12.9. The Balaban J connectivity index is 2.21. The van der Waals surface area contributed by atoms with Crippen LogP contribution in [0.2, 0.25) is 0 Å². The van der Waals surface area contributed by atoms with E-state index in [4.69, 9.17) is 0 Å². The Bertz CT molecular complexity index is 649. The molecule has 0 unspecified atom stereocenters. The summed E-state index contributed by atoms with van der Waals surface area (Å²) >= 11 is 1.86. The van der Waals surface area contributed by atoms with Gasteiger partial charge in [0.15, 0.2) is 0 Å². The molecule has 20 heavy (non-hydrogen) atoms. The van der Waals surface area contributed by atoms with Crippen molar-refractivity contribution in [3.8, 4) is 0 Å². The van der Waals surface area contributed by atoms with Crippen LogP contribution in [-0.2, 0) is 10.5 Å². The molecule has 2 aromatic rings. The van der Waals surface area contributed by atoms with E-state index in [-0.39, 0.29) is 0 Å². The molecule has 0 aromatic heterocycles. The lowest BCUT2D eigenvalue weighted by Crippen LogP contribution is -1.91. The molecule has 2 heteroatoms. The number of hydrogen-bond acceptors (Lipinski definition) is 2. The normalized spacial score (nSPS) is 15.7. The predicted octanol–water partition coefficient (Wildman–Crippen LogP) is 4.48. The molecular weight excluding hydrogens is 264 g/mol. The monoisotopic (exact) mass is 278 g/mol. The second-order valence-corrected chi connectivity index (χ2v) is 5.56. The van der Waals surface area contributed by atoms with Gasteiger partial charge in [0.1, 0.15) is 6.29 Å². The first-order valence-corrected chi connectivity index (χ1v) is 7.51. The predicted molar refractivity (Wildman–Crippen MR) is 84.7 cm³/mol.